The van der Waals surface area contributed by atoms with Crippen LogP contribution in [0.2, 0.25) is 0 Å². The molecule has 0 unspecified atom stereocenters. The number of rotatable bonds is 8. The van der Waals surface area contributed by atoms with Gasteiger partial charge in [-0.15, -0.1) is 0 Å². The third kappa shape index (κ3) is 5.76. The van der Waals surface area contributed by atoms with Crippen LogP contribution < -0.4 is 4.74 Å². The predicted octanol–water partition coefficient (Wildman–Crippen LogP) is 6.85. The van der Waals surface area contributed by atoms with Crippen LogP contribution in [0.3, 0.4) is 0 Å². The second-order valence-corrected chi connectivity index (χ2v) is 7.35. The Kier molecular flexibility index (Phi) is 7.50. The first-order valence-corrected chi connectivity index (χ1v) is 10.3. The molecule has 0 N–H and O–H groups in total. The Morgan fingerprint density at radius 3 is 2.03 bits per heavy atom. The van der Waals surface area contributed by atoms with Gasteiger partial charge in [0.1, 0.15) is 29.0 Å². The number of hydrogen-bond acceptors (Lipinski definition) is 3. The summed E-state index contributed by atoms with van der Waals surface area (Å²) in [5, 5.41) is 8.71. The molecular weight excluding hydrogens is 396 g/mol. The van der Waals surface area contributed by atoms with Crippen LogP contribution in [-0.4, -0.2) is 5.97 Å². The lowest BCUT2D eigenvalue weighted by Gasteiger charge is -2.08. The van der Waals surface area contributed by atoms with Crippen molar-refractivity contribution in [2.45, 2.75) is 39.0 Å². The minimum absolute atomic E-state index is 0.251. The number of nitriles is 1. The monoisotopic (exact) mass is 419 g/mol. The number of nitrogens with zero attached hydrogens (tertiary/aromatic N) is 1. The van der Waals surface area contributed by atoms with Gasteiger partial charge in [-0.25, -0.2) is 13.6 Å². The summed E-state index contributed by atoms with van der Waals surface area (Å²) in [5.74, 6) is -3.18. The molecule has 0 fully saturated rings. The first-order valence-electron chi connectivity index (χ1n) is 10.3. The van der Waals surface area contributed by atoms with Gasteiger partial charge in [0.25, 0.3) is 0 Å². The predicted molar refractivity (Wildman–Crippen MR) is 116 cm³/mol. The molecule has 0 aliphatic carbocycles. The standard InChI is InChI=1S/C26H23F2NO2/c1-2-3-4-5-6-18-7-9-19(10-8-18)20-11-13-21(14-12-20)26(30)31-22-15-24(27)23(17-29)25(28)16-22/h7-16H,2-6H2,1H3. The molecule has 0 aliphatic rings. The molecule has 0 aromatic heterocycles. The summed E-state index contributed by atoms with van der Waals surface area (Å²) in [6.07, 6.45) is 6.00. The molecule has 0 saturated carbocycles. The second-order valence-electron chi connectivity index (χ2n) is 7.35. The number of esters is 1. The van der Waals surface area contributed by atoms with E-state index in [1.165, 1.54) is 37.3 Å². The quantitative estimate of drug-likeness (QED) is 0.228. The van der Waals surface area contributed by atoms with Crippen molar-refractivity contribution in [1.82, 2.24) is 0 Å². The smallest absolute Gasteiger partial charge is 0.343 e. The number of halogens is 2. The molecule has 3 aromatic carbocycles. The minimum atomic E-state index is -1.07. The van der Waals surface area contributed by atoms with Crippen molar-refractivity contribution in [3.63, 3.8) is 0 Å². The fraction of sp³-hybridized carbons (Fsp3) is 0.231. The Morgan fingerprint density at radius 1 is 0.903 bits per heavy atom. The normalized spacial score (nSPS) is 10.5. The van der Waals surface area contributed by atoms with Gasteiger partial charge in [0, 0.05) is 12.1 Å². The lowest BCUT2D eigenvalue weighted by molar-refractivity contribution is 0.0734. The summed E-state index contributed by atoms with van der Waals surface area (Å²) in [6.45, 7) is 2.20. The Morgan fingerprint density at radius 2 is 1.48 bits per heavy atom. The van der Waals surface area contributed by atoms with Crippen LogP contribution in [0.15, 0.2) is 60.7 Å². The summed E-state index contributed by atoms with van der Waals surface area (Å²) < 4.78 is 32.4. The number of aryl methyl sites for hydroxylation is 1. The number of carbonyl (C=O) groups is 1. The highest BCUT2D eigenvalue weighted by molar-refractivity contribution is 5.91. The van der Waals surface area contributed by atoms with Gasteiger partial charge in [0.15, 0.2) is 0 Å². The van der Waals surface area contributed by atoms with Gasteiger partial charge in [-0.1, -0.05) is 62.6 Å². The molecule has 0 saturated heterocycles. The zero-order valence-electron chi connectivity index (χ0n) is 17.3. The van der Waals surface area contributed by atoms with E-state index in [4.69, 9.17) is 10.00 Å². The summed E-state index contributed by atoms with van der Waals surface area (Å²) in [4.78, 5) is 12.3. The van der Waals surface area contributed by atoms with E-state index in [1.807, 2.05) is 0 Å². The maximum atomic E-state index is 13.7. The number of ether oxygens (including phenoxy) is 1. The zero-order chi connectivity index (χ0) is 22.2. The lowest BCUT2D eigenvalue weighted by atomic mass is 10.0. The topological polar surface area (TPSA) is 50.1 Å². The van der Waals surface area contributed by atoms with E-state index in [-0.39, 0.29) is 11.3 Å². The van der Waals surface area contributed by atoms with Gasteiger partial charge in [-0.05, 0) is 41.7 Å². The average Bonchev–Trinajstić information content (AvgIpc) is 2.77. The summed E-state index contributed by atoms with van der Waals surface area (Å²) in [6, 6.07) is 18.2. The highest BCUT2D eigenvalue weighted by atomic mass is 19.1. The average molecular weight is 419 g/mol. The number of benzene rings is 3. The van der Waals surface area contributed by atoms with Crippen molar-refractivity contribution >= 4 is 5.97 Å². The van der Waals surface area contributed by atoms with Crippen molar-refractivity contribution in [2.75, 3.05) is 0 Å². The Balaban J connectivity index is 1.64. The third-order valence-electron chi connectivity index (χ3n) is 5.06. The van der Waals surface area contributed by atoms with Crippen LogP contribution in [-0.2, 0) is 6.42 Å². The van der Waals surface area contributed by atoms with Gasteiger partial charge in [-0.3, -0.25) is 0 Å². The molecule has 0 aliphatic heterocycles. The van der Waals surface area contributed by atoms with Crippen LogP contribution in [0.25, 0.3) is 11.1 Å². The molecule has 5 heteroatoms. The van der Waals surface area contributed by atoms with Crippen molar-refractivity contribution < 1.29 is 18.3 Å². The van der Waals surface area contributed by atoms with E-state index in [2.05, 4.69) is 31.2 Å². The summed E-state index contributed by atoms with van der Waals surface area (Å²) in [7, 11) is 0. The molecule has 0 heterocycles. The van der Waals surface area contributed by atoms with Crippen LogP contribution in [0, 0.1) is 23.0 Å². The maximum Gasteiger partial charge on any atom is 0.343 e. The highest BCUT2D eigenvalue weighted by Crippen LogP contribution is 2.23. The lowest BCUT2D eigenvalue weighted by Crippen LogP contribution is -2.09. The second kappa shape index (κ2) is 10.5. The van der Waals surface area contributed by atoms with Crippen LogP contribution in [0.5, 0.6) is 5.75 Å². The van der Waals surface area contributed by atoms with E-state index in [9.17, 15) is 13.6 Å². The van der Waals surface area contributed by atoms with Crippen molar-refractivity contribution in [1.29, 1.82) is 5.26 Å². The first kappa shape index (κ1) is 22.2. The fourth-order valence-corrected chi connectivity index (χ4v) is 3.30. The largest absolute Gasteiger partial charge is 0.423 e. The molecule has 31 heavy (non-hydrogen) atoms. The van der Waals surface area contributed by atoms with E-state index in [0.29, 0.717) is 0 Å². The number of unbranched alkanes of at least 4 members (excludes halogenated alkanes) is 3. The van der Waals surface area contributed by atoms with Crippen molar-refractivity contribution in [3.8, 4) is 22.9 Å². The highest BCUT2D eigenvalue weighted by Gasteiger charge is 2.15. The molecular formula is C26H23F2NO2. The van der Waals surface area contributed by atoms with E-state index < -0.39 is 23.2 Å². The van der Waals surface area contributed by atoms with Gasteiger partial charge < -0.3 is 4.74 Å². The minimum Gasteiger partial charge on any atom is -0.423 e. The molecule has 0 radical (unpaired) electrons. The zero-order valence-corrected chi connectivity index (χ0v) is 17.3. The van der Waals surface area contributed by atoms with Crippen LogP contribution >= 0.6 is 0 Å². The van der Waals surface area contributed by atoms with Gasteiger partial charge in [0.2, 0.25) is 0 Å². The SMILES string of the molecule is CCCCCCc1ccc(-c2ccc(C(=O)Oc3cc(F)c(C#N)c(F)c3)cc2)cc1. The number of carbonyl (C=O) groups excluding carboxylic acids is 1. The first-order chi connectivity index (χ1) is 15.0. The maximum absolute atomic E-state index is 13.7. The van der Waals surface area contributed by atoms with Crippen molar-refractivity contribution in [3.05, 3.63) is 89.0 Å². The van der Waals surface area contributed by atoms with Crippen LogP contribution in [0.1, 0.15) is 54.1 Å². The Hall–Kier alpha value is -3.52. The molecule has 3 nitrogen and oxygen atoms in total. The van der Waals surface area contributed by atoms with Gasteiger partial charge >= 0.3 is 5.97 Å². The molecule has 3 rings (SSSR count). The van der Waals surface area contributed by atoms with Gasteiger partial charge in [0.05, 0.1) is 5.56 Å². The number of hydrogen-bond donors (Lipinski definition) is 0. The van der Waals surface area contributed by atoms with E-state index in [0.717, 1.165) is 29.7 Å². The molecule has 158 valence electrons. The Labute approximate surface area is 180 Å². The molecule has 0 bridgehead atoms. The van der Waals surface area contributed by atoms with E-state index >= 15 is 0 Å². The van der Waals surface area contributed by atoms with Gasteiger partial charge in [-0.2, -0.15) is 5.26 Å². The molecule has 0 atom stereocenters. The molecule has 0 spiro atoms. The summed E-state index contributed by atoms with van der Waals surface area (Å²) >= 11 is 0. The fourth-order valence-electron chi connectivity index (χ4n) is 3.30. The Bertz CT molecular complexity index is 1060. The third-order valence-corrected chi connectivity index (χ3v) is 5.06. The van der Waals surface area contributed by atoms with Crippen LogP contribution in [0.4, 0.5) is 8.78 Å². The van der Waals surface area contributed by atoms with Crippen molar-refractivity contribution in [2.24, 2.45) is 0 Å². The van der Waals surface area contributed by atoms with E-state index in [1.54, 1.807) is 24.3 Å². The summed E-state index contributed by atoms with van der Waals surface area (Å²) in [5.41, 5.74) is 2.83. The molecule has 3 aromatic rings. The molecule has 0 amide bonds.